The van der Waals surface area contributed by atoms with Crippen LogP contribution < -0.4 is 5.32 Å². The van der Waals surface area contributed by atoms with E-state index in [4.69, 9.17) is 11.6 Å². The van der Waals surface area contributed by atoms with Crippen LogP contribution in [0.1, 0.15) is 29.8 Å². The van der Waals surface area contributed by atoms with Gasteiger partial charge in [0, 0.05) is 24.2 Å². The fraction of sp³-hybridized carbons (Fsp3) is 0.174. The molecule has 0 radical (unpaired) electrons. The van der Waals surface area contributed by atoms with Crippen LogP contribution >= 0.6 is 11.6 Å². The summed E-state index contributed by atoms with van der Waals surface area (Å²) in [4.78, 5) is 27.3. The van der Waals surface area contributed by atoms with Crippen LogP contribution in [0.4, 0.5) is 5.82 Å². The van der Waals surface area contributed by atoms with E-state index in [9.17, 15) is 9.59 Å². The molecule has 154 valence electrons. The van der Waals surface area contributed by atoms with Gasteiger partial charge in [-0.2, -0.15) is 5.10 Å². The minimum absolute atomic E-state index is 0.184. The van der Waals surface area contributed by atoms with Crippen LogP contribution in [-0.2, 0) is 4.79 Å². The van der Waals surface area contributed by atoms with Crippen LogP contribution in [0, 0.1) is 0 Å². The number of carbonyl (C=O) groups excluding carboxylic acids is 2. The molecule has 2 amide bonds. The third kappa shape index (κ3) is 4.96. The lowest BCUT2D eigenvalue weighted by Crippen LogP contribution is -2.31. The normalized spacial score (nSPS) is 10.9. The van der Waals surface area contributed by atoms with Gasteiger partial charge in [0.1, 0.15) is 11.4 Å². The molecule has 1 heterocycles. The number of amides is 2. The van der Waals surface area contributed by atoms with Gasteiger partial charge in [0.25, 0.3) is 5.91 Å². The zero-order chi connectivity index (χ0) is 21.5. The van der Waals surface area contributed by atoms with Gasteiger partial charge >= 0.3 is 0 Å². The summed E-state index contributed by atoms with van der Waals surface area (Å²) in [6, 6.07) is 16.5. The zero-order valence-corrected chi connectivity index (χ0v) is 17.6. The van der Waals surface area contributed by atoms with Crippen molar-refractivity contribution in [2.24, 2.45) is 0 Å². The Labute approximate surface area is 180 Å². The Balaban J connectivity index is 1.93. The molecule has 0 atom stereocenters. The van der Waals surface area contributed by atoms with Crippen molar-refractivity contribution in [3.63, 3.8) is 0 Å². The highest BCUT2D eigenvalue weighted by Gasteiger charge is 2.23. The Kier molecular flexibility index (Phi) is 7.03. The van der Waals surface area contributed by atoms with E-state index in [0.717, 1.165) is 11.3 Å². The number of nitrogens with zero attached hydrogens (tertiary/aromatic N) is 3. The maximum Gasteiger partial charge on any atom is 0.259 e. The first kappa shape index (κ1) is 21.3. The highest BCUT2D eigenvalue weighted by atomic mass is 35.5. The maximum atomic E-state index is 13.0. The number of hydrogen-bond donors (Lipinski definition) is 1. The number of aromatic nitrogens is 2. The molecule has 30 heavy (non-hydrogen) atoms. The number of rotatable bonds is 7. The van der Waals surface area contributed by atoms with Crippen molar-refractivity contribution in [1.82, 2.24) is 14.7 Å². The summed E-state index contributed by atoms with van der Waals surface area (Å²) in [5.74, 6) is -0.226. The van der Waals surface area contributed by atoms with E-state index in [1.165, 1.54) is 12.3 Å². The van der Waals surface area contributed by atoms with Gasteiger partial charge in [0.05, 0.1) is 11.9 Å². The van der Waals surface area contributed by atoms with Crippen LogP contribution in [0.25, 0.3) is 11.8 Å². The molecule has 0 fully saturated rings. The molecule has 0 unspecified atom stereocenters. The van der Waals surface area contributed by atoms with Crippen molar-refractivity contribution >= 4 is 35.3 Å². The first-order valence-electron chi connectivity index (χ1n) is 9.70. The fourth-order valence-electron chi connectivity index (χ4n) is 3.01. The second-order valence-corrected chi connectivity index (χ2v) is 6.95. The van der Waals surface area contributed by atoms with Crippen molar-refractivity contribution in [3.05, 3.63) is 83.0 Å². The molecule has 0 bridgehead atoms. The molecule has 0 saturated carbocycles. The molecule has 3 rings (SSSR count). The molecular formula is C23H23ClN4O2. The highest BCUT2D eigenvalue weighted by molar-refractivity contribution is 6.30. The van der Waals surface area contributed by atoms with Crippen LogP contribution in [0.5, 0.6) is 0 Å². The molecule has 1 aromatic heterocycles. The predicted molar refractivity (Wildman–Crippen MR) is 120 cm³/mol. The van der Waals surface area contributed by atoms with E-state index in [2.05, 4.69) is 10.4 Å². The molecule has 2 aromatic carbocycles. The van der Waals surface area contributed by atoms with E-state index < -0.39 is 0 Å². The van der Waals surface area contributed by atoms with Gasteiger partial charge in [0.15, 0.2) is 0 Å². The van der Waals surface area contributed by atoms with E-state index in [0.29, 0.717) is 29.5 Å². The smallest absolute Gasteiger partial charge is 0.259 e. The Morgan fingerprint density at radius 3 is 2.50 bits per heavy atom. The van der Waals surface area contributed by atoms with Crippen LogP contribution in [0.15, 0.2) is 66.9 Å². The van der Waals surface area contributed by atoms with Gasteiger partial charge < -0.3 is 10.2 Å². The van der Waals surface area contributed by atoms with Gasteiger partial charge in [-0.25, -0.2) is 4.68 Å². The number of carbonyl (C=O) groups is 2. The zero-order valence-electron chi connectivity index (χ0n) is 16.9. The standard InChI is InChI=1S/C23H23ClN4O2/c1-3-27(4-2)23(30)20-16-25-28(19-11-6-5-7-12-19)22(20)26-21(29)14-13-17-9-8-10-18(24)15-17/h5-16H,3-4H2,1-2H3,(H,26,29)/b14-13+. The maximum absolute atomic E-state index is 13.0. The lowest BCUT2D eigenvalue weighted by atomic mass is 10.2. The van der Waals surface area contributed by atoms with Crippen molar-refractivity contribution in [2.45, 2.75) is 13.8 Å². The number of benzene rings is 2. The van der Waals surface area contributed by atoms with Gasteiger partial charge in [0.2, 0.25) is 5.91 Å². The Morgan fingerprint density at radius 2 is 1.83 bits per heavy atom. The summed E-state index contributed by atoms with van der Waals surface area (Å²) in [5.41, 5.74) is 1.88. The van der Waals surface area contributed by atoms with Crippen molar-refractivity contribution in [3.8, 4) is 5.69 Å². The molecule has 6 nitrogen and oxygen atoms in total. The monoisotopic (exact) mass is 422 g/mol. The second-order valence-electron chi connectivity index (χ2n) is 6.51. The van der Waals surface area contributed by atoms with Crippen LogP contribution in [-0.4, -0.2) is 39.6 Å². The second kappa shape index (κ2) is 9.89. The summed E-state index contributed by atoms with van der Waals surface area (Å²) in [5, 5.41) is 7.76. The van der Waals surface area contributed by atoms with Crippen molar-refractivity contribution < 1.29 is 9.59 Å². The molecule has 1 N–H and O–H groups in total. The average Bonchev–Trinajstić information content (AvgIpc) is 3.17. The molecule has 3 aromatic rings. The largest absolute Gasteiger partial charge is 0.339 e. The summed E-state index contributed by atoms with van der Waals surface area (Å²) in [7, 11) is 0. The summed E-state index contributed by atoms with van der Waals surface area (Å²) >= 11 is 5.99. The fourth-order valence-corrected chi connectivity index (χ4v) is 3.21. The molecule has 0 saturated heterocycles. The Morgan fingerprint density at radius 1 is 1.10 bits per heavy atom. The summed E-state index contributed by atoms with van der Waals surface area (Å²) < 4.78 is 1.56. The molecular weight excluding hydrogens is 400 g/mol. The van der Waals surface area contributed by atoms with Gasteiger partial charge in [-0.15, -0.1) is 0 Å². The summed E-state index contributed by atoms with van der Waals surface area (Å²) in [6.07, 6.45) is 4.56. The van der Waals surface area contributed by atoms with Crippen LogP contribution in [0.3, 0.4) is 0 Å². The topological polar surface area (TPSA) is 67.2 Å². The van der Waals surface area contributed by atoms with E-state index in [1.807, 2.05) is 56.3 Å². The number of halogens is 1. The molecule has 0 aliphatic rings. The Bertz CT molecular complexity index is 1060. The Hall–Kier alpha value is -3.38. The van der Waals surface area contributed by atoms with Crippen molar-refractivity contribution in [2.75, 3.05) is 18.4 Å². The number of para-hydroxylation sites is 1. The minimum Gasteiger partial charge on any atom is -0.339 e. The number of nitrogens with one attached hydrogen (secondary N) is 1. The third-order valence-corrected chi connectivity index (χ3v) is 4.80. The van der Waals surface area contributed by atoms with E-state index in [1.54, 1.807) is 27.8 Å². The van der Waals surface area contributed by atoms with Gasteiger partial charge in [-0.05, 0) is 49.8 Å². The SMILES string of the molecule is CCN(CC)C(=O)c1cnn(-c2ccccc2)c1NC(=O)/C=C/c1cccc(Cl)c1. The van der Waals surface area contributed by atoms with Crippen molar-refractivity contribution in [1.29, 1.82) is 0 Å². The molecule has 0 aliphatic carbocycles. The number of hydrogen-bond acceptors (Lipinski definition) is 3. The quantitative estimate of drug-likeness (QED) is 0.563. The molecule has 0 spiro atoms. The molecule has 0 aliphatic heterocycles. The lowest BCUT2D eigenvalue weighted by Gasteiger charge is -2.19. The van der Waals surface area contributed by atoms with Gasteiger partial charge in [-0.1, -0.05) is 41.9 Å². The molecule has 7 heteroatoms. The first-order chi connectivity index (χ1) is 14.5. The van der Waals surface area contributed by atoms with E-state index in [-0.39, 0.29) is 11.8 Å². The highest BCUT2D eigenvalue weighted by Crippen LogP contribution is 2.22. The first-order valence-corrected chi connectivity index (χ1v) is 10.1. The van der Waals surface area contributed by atoms with Crippen LogP contribution in [0.2, 0.25) is 5.02 Å². The van der Waals surface area contributed by atoms with E-state index >= 15 is 0 Å². The minimum atomic E-state index is -0.374. The summed E-state index contributed by atoms with van der Waals surface area (Å²) in [6.45, 7) is 4.95. The third-order valence-electron chi connectivity index (χ3n) is 4.57. The predicted octanol–water partition coefficient (Wildman–Crippen LogP) is 4.66. The number of anilines is 1. The van der Waals surface area contributed by atoms with Gasteiger partial charge in [-0.3, -0.25) is 9.59 Å². The lowest BCUT2D eigenvalue weighted by molar-refractivity contribution is -0.111. The average molecular weight is 423 g/mol.